The minimum Gasteiger partial charge on any atom is -0.332 e. The summed E-state index contributed by atoms with van der Waals surface area (Å²) in [6.45, 7) is 0. The van der Waals surface area contributed by atoms with Crippen LogP contribution in [0.3, 0.4) is 0 Å². The first-order valence-corrected chi connectivity index (χ1v) is 5.18. The molecule has 0 unspecified atom stereocenters. The Balaban J connectivity index is 2.14. The molecule has 0 saturated heterocycles. The predicted octanol–water partition coefficient (Wildman–Crippen LogP) is 1.91. The highest BCUT2D eigenvalue weighted by molar-refractivity contribution is 7.10. The molecule has 0 fully saturated rings. The quantitative estimate of drug-likeness (QED) is 0.719. The summed E-state index contributed by atoms with van der Waals surface area (Å²) in [5, 5.41) is 1.97. The number of imidazole rings is 1. The van der Waals surface area contributed by atoms with Gasteiger partial charge in [-0.15, -0.1) is 11.3 Å². The fraction of sp³-hybridized carbons (Fsp3) is 0.200. The van der Waals surface area contributed by atoms with E-state index in [4.69, 9.17) is 0 Å². The zero-order chi connectivity index (χ0) is 9.97. The summed E-state index contributed by atoms with van der Waals surface area (Å²) in [4.78, 5) is 16.8. The van der Waals surface area contributed by atoms with Crippen LogP contribution in [0.25, 0.3) is 0 Å². The van der Waals surface area contributed by atoms with Gasteiger partial charge in [0.1, 0.15) is 0 Å². The average molecular weight is 206 g/mol. The van der Waals surface area contributed by atoms with Crippen molar-refractivity contribution < 1.29 is 4.79 Å². The van der Waals surface area contributed by atoms with Crippen molar-refractivity contribution in [2.24, 2.45) is 7.05 Å². The van der Waals surface area contributed by atoms with Crippen molar-refractivity contribution in [2.75, 3.05) is 0 Å². The number of hydrogen-bond donors (Lipinski definition) is 0. The van der Waals surface area contributed by atoms with E-state index in [0.717, 1.165) is 4.88 Å². The second kappa shape index (κ2) is 3.75. The molecule has 0 aliphatic carbocycles. The smallest absolute Gasteiger partial charge is 0.203 e. The lowest BCUT2D eigenvalue weighted by atomic mass is 10.2. The monoisotopic (exact) mass is 206 g/mol. The van der Waals surface area contributed by atoms with E-state index in [9.17, 15) is 4.79 Å². The fourth-order valence-corrected chi connectivity index (χ4v) is 1.99. The van der Waals surface area contributed by atoms with Crippen molar-refractivity contribution in [2.45, 2.75) is 6.42 Å². The third kappa shape index (κ3) is 1.75. The molecular formula is C10H10N2OS. The molecule has 0 atom stereocenters. The number of Topliss-reactive ketones (excluding diaryl/α,β-unsaturated/α-hetero) is 1. The zero-order valence-electron chi connectivity index (χ0n) is 7.80. The van der Waals surface area contributed by atoms with E-state index >= 15 is 0 Å². The summed E-state index contributed by atoms with van der Waals surface area (Å²) < 4.78 is 1.75. The maximum atomic E-state index is 11.7. The summed E-state index contributed by atoms with van der Waals surface area (Å²) >= 11 is 1.60. The number of hydrogen-bond acceptors (Lipinski definition) is 3. The van der Waals surface area contributed by atoms with Crippen LogP contribution in [-0.4, -0.2) is 15.3 Å². The highest BCUT2D eigenvalue weighted by atomic mass is 32.1. The number of carbonyl (C=O) groups is 1. The van der Waals surface area contributed by atoms with E-state index in [1.165, 1.54) is 0 Å². The first-order chi connectivity index (χ1) is 6.77. The molecule has 0 aromatic carbocycles. The van der Waals surface area contributed by atoms with Crippen LogP contribution in [0.5, 0.6) is 0 Å². The van der Waals surface area contributed by atoms with Gasteiger partial charge in [0, 0.05) is 30.7 Å². The summed E-state index contributed by atoms with van der Waals surface area (Å²) in [6, 6.07) is 3.91. The van der Waals surface area contributed by atoms with Crippen molar-refractivity contribution in [3.63, 3.8) is 0 Å². The third-order valence-electron chi connectivity index (χ3n) is 1.99. The number of thiophene rings is 1. The van der Waals surface area contributed by atoms with Gasteiger partial charge >= 0.3 is 0 Å². The van der Waals surface area contributed by atoms with Gasteiger partial charge in [0.05, 0.1) is 0 Å². The Hall–Kier alpha value is -1.42. The summed E-state index contributed by atoms with van der Waals surface area (Å²) in [5.41, 5.74) is 0. The number of carbonyl (C=O) groups excluding carboxylic acids is 1. The molecule has 0 spiro atoms. The Labute approximate surface area is 86.0 Å². The number of nitrogens with zero attached hydrogens (tertiary/aromatic N) is 2. The van der Waals surface area contributed by atoms with E-state index in [1.807, 2.05) is 24.6 Å². The number of ketones is 1. The molecular weight excluding hydrogens is 196 g/mol. The number of aromatic nitrogens is 2. The van der Waals surface area contributed by atoms with Gasteiger partial charge in [0.2, 0.25) is 5.78 Å². The van der Waals surface area contributed by atoms with Gasteiger partial charge in [-0.2, -0.15) is 0 Å². The Morgan fingerprint density at radius 3 is 3.07 bits per heavy atom. The highest BCUT2D eigenvalue weighted by Gasteiger charge is 2.11. The molecule has 2 aromatic heterocycles. The third-order valence-corrected chi connectivity index (χ3v) is 2.86. The minimum atomic E-state index is 0.0694. The van der Waals surface area contributed by atoms with Crippen LogP contribution < -0.4 is 0 Å². The van der Waals surface area contributed by atoms with E-state index in [1.54, 1.807) is 28.3 Å². The molecule has 4 heteroatoms. The van der Waals surface area contributed by atoms with Gasteiger partial charge in [0.25, 0.3) is 0 Å². The molecule has 0 bridgehead atoms. The largest absolute Gasteiger partial charge is 0.332 e. The molecule has 0 aliphatic rings. The Morgan fingerprint density at radius 2 is 2.50 bits per heavy atom. The van der Waals surface area contributed by atoms with Crippen molar-refractivity contribution in [1.29, 1.82) is 0 Å². The van der Waals surface area contributed by atoms with Crippen LogP contribution in [0.15, 0.2) is 29.9 Å². The number of rotatable bonds is 3. The molecule has 0 saturated carbocycles. The van der Waals surface area contributed by atoms with E-state index in [-0.39, 0.29) is 5.78 Å². The lowest BCUT2D eigenvalue weighted by Gasteiger charge is -1.98. The predicted molar refractivity (Wildman–Crippen MR) is 55.6 cm³/mol. The molecule has 0 N–H and O–H groups in total. The van der Waals surface area contributed by atoms with Gasteiger partial charge in [-0.25, -0.2) is 4.98 Å². The Bertz CT molecular complexity index is 431. The van der Waals surface area contributed by atoms with Crippen molar-refractivity contribution in [3.05, 3.63) is 40.6 Å². The lowest BCUT2D eigenvalue weighted by Crippen LogP contribution is -2.09. The van der Waals surface area contributed by atoms with E-state index in [2.05, 4.69) is 4.98 Å². The maximum Gasteiger partial charge on any atom is 0.203 e. The number of aryl methyl sites for hydroxylation is 1. The van der Waals surface area contributed by atoms with Crippen molar-refractivity contribution in [1.82, 2.24) is 9.55 Å². The fourth-order valence-electron chi connectivity index (χ4n) is 1.28. The standard InChI is InChI=1S/C10H10N2OS/c1-12-5-4-11-10(12)9(13)7-8-3-2-6-14-8/h2-6H,7H2,1H3. The lowest BCUT2D eigenvalue weighted by molar-refractivity contribution is 0.0981. The Kier molecular flexibility index (Phi) is 2.45. The molecule has 2 rings (SSSR count). The maximum absolute atomic E-state index is 11.7. The molecule has 3 nitrogen and oxygen atoms in total. The first kappa shape index (κ1) is 9.15. The summed E-state index contributed by atoms with van der Waals surface area (Å²) in [6.07, 6.45) is 3.87. The second-order valence-corrected chi connectivity index (χ2v) is 4.07. The first-order valence-electron chi connectivity index (χ1n) is 4.30. The van der Waals surface area contributed by atoms with Crippen LogP contribution in [0.2, 0.25) is 0 Å². The van der Waals surface area contributed by atoms with Crippen LogP contribution >= 0.6 is 11.3 Å². The van der Waals surface area contributed by atoms with Gasteiger partial charge in [-0.1, -0.05) is 6.07 Å². The molecule has 0 amide bonds. The van der Waals surface area contributed by atoms with Gasteiger partial charge in [0.15, 0.2) is 5.82 Å². The molecule has 2 heterocycles. The van der Waals surface area contributed by atoms with Crippen molar-refractivity contribution in [3.8, 4) is 0 Å². The molecule has 72 valence electrons. The normalized spacial score (nSPS) is 10.4. The molecule has 2 aromatic rings. The topological polar surface area (TPSA) is 34.9 Å². The van der Waals surface area contributed by atoms with Crippen LogP contribution in [0.1, 0.15) is 15.5 Å². The average Bonchev–Trinajstić information content (AvgIpc) is 2.75. The SMILES string of the molecule is Cn1ccnc1C(=O)Cc1cccs1. The van der Waals surface area contributed by atoms with Crippen LogP contribution in [-0.2, 0) is 13.5 Å². The van der Waals surface area contributed by atoms with Crippen molar-refractivity contribution >= 4 is 17.1 Å². The Morgan fingerprint density at radius 1 is 1.64 bits per heavy atom. The van der Waals surface area contributed by atoms with E-state index in [0.29, 0.717) is 12.2 Å². The zero-order valence-corrected chi connectivity index (χ0v) is 8.62. The van der Waals surface area contributed by atoms with Crippen LogP contribution in [0, 0.1) is 0 Å². The molecule has 0 aliphatic heterocycles. The summed E-state index contributed by atoms with van der Waals surface area (Å²) in [7, 11) is 1.83. The second-order valence-electron chi connectivity index (χ2n) is 3.04. The van der Waals surface area contributed by atoms with Gasteiger partial charge < -0.3 is 4.57 Å². The molecule has 0 radical (unpaired) electrons. The summed E-state index contributed by atoms with van der Waals surface area (Å²) in [5.74, 6) is 0.596. The van der Waals surface area contributed by atoms with Gasteiger partial charge in [-0.05, 0) is 11.4 Å². The van der Waals surface area contributed by atoms with Crippen LogP contribution in [0.4, 0.5) is 0 Å². The van der Waals surface area contributed by atoms with Gasteiger partial charge in [-0.3, -0.25) is 4.79 Å². The minimum absolute atomic E-state index is 0.0694. The molecule has 14 heavy (non-hydrogen) atoms. The highest BCUT2D eigenvalue weighted by Crippen LogP contribution is 2.11. The van der Waals surface area contributed by atoms with E-state index < -0.39 is 0 Å².